The molecule has 1 heterocycles. The second kappa shape index (κ2) is 6.95. The molecular weight excluding hydrogens is 462 g/mol. The van der Waals surface area contributed by atoms with Gasteiger partial charge in [0.2, 0.25) is 0 Å². The first-order chi connectivity index (χ1) is 11.6. The Morgan fingerprint density at radius 1 is 1.32 bits per heavy atom. The van der Waals surface area contributed by atoms with E-state index in [0.29, 0.717) is 11.0 Å². The van der Waals surface area contributed by atoms with Crippen LogP contribution in [0.1, 0.15) is 5.56 Å². The number of hydrogen-bond donors (Lipinski definition) is 2. The fraction of sp³-hybridized carbons (Fsp3) is 0.231. The van der Waals surface area contributed by atoms with Crippen LogP contribution in [0.4, 0.5) is 24.5 Å². The average Bonchev–Trinajstić information content (AvgIpc) is 2.75. The number of nitrogens with one attached hydrogen (secondary N) is 1. The molecule has 0 bridgehead atoms. The number of aliphatic hydroxyl groups is 1. The second-order valence-electron chi connectivity index (χ2n) is 4.81. The first-order valence-corrected chi connectivity index (χ1v) is 7.64. The van der Waals surface area contributed by atoms with Crippen LogP contribution in [-0.4, -0.2) is 39.9 Å². The number of anilines is 1. The molecule has 25 heavy (non-hydrogen) atoms. The fourth-order valence-electron chi connectivity index (χ4n) is 2.09. The van der Waals surface area contributed by atoms with E-state index in [1.54, 1.807) is 0 Å². The Balaban J connectivity index is 2.47. The molecule has 1 aliphatic heterocycles. The number of carbonyl (C=O) groups is 2. The highest BCUT2D eigenvalue weighted by Crippen LogP contribution is 2.40. The second-order valence-corrected chi connectivity index (χ2v) is 5.97. The summed E-state index contributed by atoms with van der Waals surface area (Å²) < 4.78 is 39.6. The number of nitrogens with zero attached hydrogens (tertiary/aromatic N) is 2. The molecule has 2 rings (SSSR count). The smallest absolute Gasteiger partial charge is 0.395 e. The summed E-state index contributed by atoms with van der Waals surface area (Å²) in [6.07, 6.45) is -4.12. The molecule has 0 saturated carbocycles. The minimum absolute atomic E-state index is 0.152. The van der Waals surface area contributed by atoms with Crippen molar-refractivity contribution in [1.29, 1.82) is 0 Å². The average molecular weight is 471 g/mol. The van der Waals surface area contributed by atoms with Gasteiger partial charge in [-0.25, -0.2) is 0 Å². The zero-order valence-electron chi connectivity index (χ0n) is 12.1. The van der Waals surface area contributed by atoms with Crippen LogP contribution in [-0.2, 0) is 15.8 Å². The van der Waals surface area contributed by atoms with Gasteiger partial charge in [0.1, 0.15) is 5.70 Å². The molecule has 0 fully saturated rings. The van der Waals surface area contributed by atoms with Crippen molar-refractivity contribution in [3.8, 4) is 0 Å². The molecule has 1 aliphatic rings. The lowest BCUT2D eigenvalue weighted by atomic mass is 10.1. The van der Waals surface area contributed by atoms with Gasteiger partial charge in [-0.1, -0.05) is 0 Å². The van der Waals surface area contributed by atoms with Crippen molar-refractivity contribution in [1.82, 2.24) is 4.90 Å². The summed E-state index contributed by atoms with van der Waals surface area (Å²) in [6.45, 7) is -0.801. The van der Waals surface area contributed by atoms with Gasteiger partial charge in [0.15, 0.2) is 0 Å². The summed E-state index contributed by atoms with van der Waals surface area (Å²) in [4.78, 5) is 34.1. The van der Waals surface area contributed by atoms with Gasteiger partial charge < -0.3 is 10.4 Å². The Kier molecular flexibility index (Phi) is 5.31. The van der Waals surface area contributed by atoms with Gasteiger partial charge in [-0.15, -0.1) is 0 Å². The quantitative estimate of drug-likeness (QED) is 0.294. The topological polar surface area (TPSA) is 113 Å². The molecule has 0 atom stereocenters. The number of benzene rings is 1. The van der Waals surface area contributed by atoms with Gasteiger partial charge in [0, 0.05) is 21.8 Å². The number of imide groups is 1. The van der Waals surface area contributed by atoms with Crippen LogP contribution >= 0.6 is 22.6 Å². The highest BCUT2D eigenvalue weighted by atomic mass is 127. The summed E-state index contributed by atoms with van der Waals surface area (Å²) in [7, 11) is 0. The summed E-state index contributed by atoms with van der Waals surface area (Å²) in [6, 6.07) is 1.25. The third kappa shape index (κ3) is 3.89. The molecule has 8 nitrogen and oxygen atoms in total. The van der Waals surface area contributed by atoms with Crippen molar-refractivity contribution in [2.45, 2.75) is 6.18 Å². The molecule has 12 heteroatoms. The van der Waals surface area contributed by atoms with Crippen LogP contribution in [0, 0.1) is 13.7 Å². The Morgan fingerprint density at radius 2 is 1.96 bits per heavy atom. The number of nitro benzene ring substituents is 1. The standard InChI is InChI=1S/C13H9F3IN3O5/c14-13(15,16)7-3-6(20(24)25)4-8(17)11(7)18-9-5-10(22)19(1-2-21)12(9)23/h3-5,18,21H,1-2H2. The lowest BCUT2D eigenvalue weighted by Gasteiger charge is -2.17. The monoisotopic (exact) mass is 471 g/mol. The van der Waals surface area contributed by atoms with E-state index in [4.69, 9.17) is 5.11 Å². The largest absolute Gasteiger partial charge is 0.418 e. The van der Waals surface area contributed by atoms with Gasteiger partial charge in [-0.2, -0.15) is 13.2 Å². The number of halogens is 4. The molecule has 0 aromatic heterocycles. The maximum absolute atomic E-state index is 13.2. The molecule has 0 spiro atoms. The molecule has 0 radical (unpaired) electrons. The number of carbonyl (C=O) groups excluding carboxylic acids is 2. The molecular formula is C13H9F3IN3O5. The molecule has 0 aliphatic carbocycles. The van der Waals surface area contributed by atoms with Gasteiger partial charge in [0.25, 0.3) is 17.5 Å². The van der Waals surface area contributed by atoms with Crippen LogP contribution < -0.4 is 5.32 Å². The van der Waals surface area contributed by atoms with E-state index < -0.39 is 52.2 Å². The highest BCUT2D eigenvalue weighted by Gasteiger charge is 2.38. The normalized spacial score (nSPS) is 14.8. The van der Waals surface area contributed by atoms with Crippen LogP contribution in [0.3, 0.4) is 0 Å². The van der Waals surface area contributed by atoms with Crippen molar-refractivity contribution < 1.29 is 32.8 Å². The zero-order chi connectivity index (χ0) is 18.9. The number of alkyl halides is 3. The Morgan fingerprint density at radius 3 is 2.48 bits per heavy atom. The molecule has 2 amide bonds. The van der Waals surface area contributed by atoms with E-state index in [1.807, 2.05) is 0 Å². The van der Waals surface area contributed by atoms with Crippen molar-refractivity contribution in [3.63, 3.8) is 0 Å². The SMILES string of the molecule is O=C1C=C(Nc2c(I)cc([N+](=O)[O-])cc2C(F)(F)F)C(=O)N1CCO. The fourth-order valence-corrected chi connectivity index (χ4v) is 2.84. The molecule has 2 N–H and O–H groups in total. The van der Waals surface area contributed by atoms with Gasteiger partial charge in [-0.05, 0) is 22.6 Å². The van der Waals surface area contributed by atoms with Crippen molar-refractivity contribution in [2.24, 2.45) is 0 Å². The molecule has 0 unspecified atom stereocenters. The maximum atomic E-state index is 13.2. The minimum Gasteiger partial charge on any atom is -0.395 e. The molecule has 0 saturated heterocycles. The molecule has 134 valence electrons. The number of rotatable bonds is 5. The van der Waals surface area contributed by atoms with Crippen molar-refractivity contribution in [2.75, 3.05) is 18.5 Å². The van der Waals surface area contributed by atoms with E-state index in [-0.39, 0.29) is 10.1 Å². The Hall–Kier alpha value is -2.22. The maximum Gasteiger partial charge on any atom is 0.418 e. The predicted octanol–water partition coefficient (Wildman–Crippen LogP) is 1.88. The predicted molar refractivity (Wildman–Crippen MR) is 86.3 cm³/mol. The van der Waals surface area contributed by atoms with Crippen LogP contribution in [0.5, 0.6) is 0 Å². The van der Waals surface area contributed by atoms with E-state index in [9.17, 15) is 32.9 Å². The third-order valence-electron chi connectivity index (χ3n) is 3.18. The van der Waals surface area contributed by atoms with E-state index in [0.717, 1.165) is 12.1 Å². The van der Waals surface area contributed by atoms with Crippen molar-refractivity contribution in [3.05, 3.63) is 43.2 Å². The summed E-state index contributed by atoms with van der Waals surface area (Å²) >= 11 is 1.46. The Bertz CT molecular complexity index is 794. The summed E-state index contributed by atoms with van der Waals surface area (Å²) in [5, 5.41) is 21.8. The van der Waals surface area contributed by atoms with Crippen molar-refractivity contribution >= 4 is 45.8 Å². The minimum atomic E-state index is -4.93. The van der Waals surface area contributed by atoms with E-state index in [2.05, 4.69) is 5.32 Å². The number of non-ortho nitro benzene ring substituents is 1. The number of β-amino-alcohol motifs (C(OH)–C–C–N with tert-alkyl or cyclic N) is 1. The van der Waals surface area contributed by atoms with Crippen LogP contribution in [0.25, 0.3) is 0 Å². The summed E-state index contributed by atoms with van der Waals surface area (Å²) in [5.41, 5.74) is -3.09. The number of hydrogen-bond acceptors (Lipinski definition) is 6. The molecule has 1 aromatic rings. The van der Waals surface area contributed by atoms with E-state index >= 15 is 0 Å². The summed E-state index contributed by atoms with van der Waals surface area (Å²) in [5.74, 6) is -1.69. The number of nitro groups is 1. The Labute approximate surface area is 151 Å². The van der Waals surface area contributed by atoms with Gasteiger partial charge >= 0.3 is 6.18 Å². The highest BCUT2D eigenvalue weighted by molar-refractivity contribution is 14.1. The van der Waals surface area contributed by atoms with E-state index in [1.165, 1.54) is 22.6 Å². The molecule has 1 aromatic carbocycles. The number of amides is 2. The lowest BCUT2D eigenvalue weighted by Crippen LogP contribution is -2.34. The third-order valence-corrected chi connectivity index (χ3v) is 4.03. The van der Waals surface area contributed by atoms with Gasteiger partial charge in [0.05, 0.1) is 29.3 Å². The first kappa shape index (κ1) is 19.1. The lowest BCUT2D eigenvalue weighted by molar-refractivity contribution is -0.385. The van der Waals surface area contributed by atoms with Gasteiger partial charge in [-0.3, -0.25) is 24.6 Å². The van der Waals surface area contributed by atoms with Crippen LogP contribution in [0.2, 0.25) is 0 Å². The number of aliphatic hydroxyl groups excluding tert-OH is 1. The first-order valence-electron chi connectivity index (χ1n) is 6.56. The van der Waals surface area contributed by atoms with Crippen LogP contribution in [0.15, 0.2) is 23.9 Å². The zero-order valence-corrected chi connectivity index (χ0v) is 14.3.